The van der Waals surface area contributed by atoms with Gasteiger partial charge in [-0.3, -0.25) is 4.68 Å². The van der Waals surface area contributed by atoms with Gasteiger partial charge in [0.15, 0.2) is 5.65 Å². The lowest BCUT2D eigenvalue weighted by atomic mass is 10.1. The molecule has 0 amide bonds. The molecule has 0 aliphatic carbocycles. The molecule has 7 nitrogen and oxygen atoms in total. The number of hydrogen-bond donors (Lipinski definition) is 2. The summed E-state index contributed by atoms with van der Waals surface area (Å²) >= 11 is 0. The Labute approximate surface area is 177 Å². The molecule has 0 fully saturated rings. The highest BCUT2D eigenvalue weighted by Crippen LogP contribution is 2.34. The average Bonchev–Trinajstić information content (AvgIpc) is 3.44. The second-order valence-electron chi connectivity index (χ2n) is 7.28. The Kier molecular flexibility index (Phi) is 4.76. The highest BCUT2D eigenvalue weighted by molar-refractivity contribution is 5.93. The van der Waals surface area contributed by atoms with Crippen molar-refractivity contribution in [2.45, 2.75) is 13.0 Å². The van der Waals surface area contributed by atoms with Crippen LogP contribution in [0, 0.1) is 5.82 Å². The minimum atomic E-state index is -0.320. The Hall–Kier alpha value is -3.91. The van der Waals surface area contributed by atoms with Gasteiger partial charge in [-0.05, 0) is 31.2 Å². The van der Waals surface area contributed by atoms with Crippen molar-refractivity contribution in [3.8, 4) is 33.9 Å². The van der Waals surface area contributed by atoms with Crippen LogP contribution in [0.4, 0.5) is 4.39 Å². The van der Waals surface area contributed by atoms with Gasteiger partial charge in [-0.2, -0.15) is 5.10 Å². The fourth-order valence-corrected chi connectivity index (χ4v) is 3.46. The number of rotatable bonds is 5. The smallest absolute Gasteiger partial charge is 0.181 e. The molecule has 0 radical (unpaired) electrons. The van der Waals surface area contributed by atoms with Gasteiger partial charge in [-0.25, -0.2) is 19.3 Å². The lowest BCUT2D eigenvalue weighted by Gasteiger charge is -2.07. The Morgan fingerprint density at radius 2 is 1.77 bits per heavy atom. The van der Waals surface area contributed by atoms with Crippen molar-refractivity contribution in [1.29, 1.82) is 0 Å². The molecule has 3 aromatic heterocycles. The summed E-state index contributed by atoms with van der Waals surface area (Å²) in [6, 6.07) is 15.7. The average molecular weight is 414 g/mol. The lowest BCUT2D eigenvalue weighted by Crippen LogP contribution is -2.09. The molecule has 1 atom stereocenters. The second kappa shape index (κ2) is 7.73. The van der Waals surface area contributed by atoms with E-state index in [1.165, 1.54) is 18.5 Å². The summed E-state index contributed by atoms with van der Waals surface area (Å²) in [5, 5.41) is 14.3. The van der Waals surface area contributed by atoms with Gasteiger partial charge in [0.25, 0.3) is 0 Å². The molecular formula is C23H19FN6O. The number of halogens is 1. The minimum Gasteiger partial charge on any atom is -0.394 e. The highest BCUT2D eigenvalue weighted by atomic mass is 19.1. The van der Waals surface area contributed by atoms with Crippen LogP contribution in [0.25, 0.3) is 45.1 Å². The molecule has 154 valence electrons. The number of H-pyrrole nitrogens is 1. The maximum absolute atomic E-state index is 13.5. The van der Waals surface area contributed by atoms with E-state index < -0.39 is 0 Å². The minimum absolute atomic E-state index is 0.0641. The summed E-state index contributed by atoms with van der Waals surface area (Å²) in [5.74, 6) is 0.371. The second-order valence-corrected chi connectivity index (χ2v) is 7.28. The van der Waals surface area contributed by atoms with Crippen LogP contribution in [0.5, 0.6) is 0 Å². The van der Waals surface area contributed by atoms with E-state index in [2.05, 4.69) is 25.0 Å². The molecule has 0 saturated carbocycles. The number of aliphatic hydroxyl groups excluding tert-OH is 1. The third kappa shape index (κ3) is 3.47. The highest BCUT2D eigenvalue weighted by Gasteiger charge is 2.20. The van der Waals surface area contributed by atoms with Gasteiger partial charge in [-0.1, -0.05) is 30.3 Å². The molecule has 2 N–H and O–H groups in total. The predicted molar refractivity (Wildman–Crippen MR) is 116 cm³/mol. The SMILES string of the molecule is CC(CO)n1cc(-c2ncnc3nc(-c4ccccc4)[nH]c23)c(-c2ccc(F)cc2)n1. The largest absolute Gasteiger partial charge is 0.394 e. The first kappa shape index (κ1) is 19.1. The topological polar surface area (TPSA) is 92.5 Å². The number of aliphatic hydroxyl groups is 1. The molecule has 8 heteroatoms. The van der Waals surface area contributed by atoms with Gasteiger partial charge in [0.2, 0.25) is 0 Å². The number of nitrogens with zero attached hydrogens (tertiary/aromatic N) is 5. The quantitative estimate of drug-likeness (QED) is 0.449. The van der Waals surface area contributed by atoms with Crippen molar-refractivity contribution >= 4 is 11.2 Å². The molecule has 5 aromatic rings. The van der Waals surface area contributed by atoms with Crippen molar-refractivity contribution in [2.24, 2.45) is 0 Å². The number of hydrogen-bond acceptors (Lipinski definition) is 5. The van der Waals surface area contributed by atoms with Crippen molar-refractivity contribution < 1.29 is 9.50 Å². The summed E-state index contributed by atoms with van der Waals surface area (Å²) in [4.78, 5) is 16.8. The van der Waals surface area contributed by atoms with E-state index in [0.717, 1.165) is 16.7 Å². The fraction of sp³-hybridized carbons (Fsp3) is 0.130. The van der Waals surface area contributed by atoms with E-state index in [-0.39, 0.29) is 18.5 Å². The Balaban J connectivity index is 1.71. The van der Waals surface area contributed by atoms with Gasteiger partial charge < -0.3 is 10.1 Å². The summed E-state index contributed by atoms with van der Waals surface area (Å²) in [7, 11) is 0. The van der Waals surface area contributed by atoms with Crippen LogP contribution in [0.1, 0.15) is 13.0 Å². The summed E-state index contributed by atoms with van der Waals surface area (Å²) in [6.45, 7) is 1.80. The molecule has 0 aliphatic rings. The predicted octanol–water partition coefficient (Wildman–Crippen LogP) is 4.24. The molecule has 2 aromatic carbocycles. The maximum Gasteiger partial charge on any atom is 0.181 e. The molecule has 31 heavy (non-hydrogen) atoms. The number of fused-ring (bicyclic) bond motifs is 1. The van der Waals surface area contributed by atoms with E-state index in [0.29, 0.717) is 28.4 Å². The van der Waals surface area contributed by atoms with Crippen molar-refractivity contribution in [3.63, 3.8) is 0 Å². The van der Waals surface area contributed by atoms with Crippen LogP contribution < -0.4 is 0 Å². The van der Waals surface area contributed by atoms with Gasteiger partial charge >= 0.3 is 0 Å². The summed E-state index contributed by atoms with van der Waals surface area (Å²) in [6.07, 6.45) is 3.30. The van der Waals surface area contributed by atoms with Gasteiger partial charge in [0.05, 0.1) is 12.6 Å². The molecule has 3 heterocycles. The molecule has 0 spiro atoms. The Morgan fingerprint density at radius 3 is 2.52 bits per heavy atom. The monoisotopic (exact) mass is 414 g/mol. The third-order valence-electron chi connectivity index (χ3n) is 5.16. The molecular weight excluding hydrogens is 395 g/mol. The molecule has 5 rings (SSSR count). The number of aromatic amines is 1. The zero-order valence-corrected chi connectivity index (χ0v) is 16.7. The van der Waals surface area contributed by atoms with Crippen LogP contribution >= 0.6 is 0 Å². The van der Waals surface area contributed by atoms with Crippen molar-refractivity contribution in [1.82, 2.24) is 29.7 Å². The first-order valence-electron chi connectivity index (χ1n) is 9.86. The lowest BCUT2D eigenvalue weighted by molar-refractivity contribution is 0.230. The first-order chi connectivity index (χ1) is 15.1. The van der Waals surface area contributed by atoms with Crippen molar-refractivity contribution in [2.75, 3.05) is 6.61 Å². The standard InChI is InChI=1S/C23H19FN6O/c1-14(12-31)30-11-18(19(29-30)15-7-9-17(24)10-8-15)20-21-23(26-13-25-20)28-22(27-21)16-5-3-2-4-6-16/h2-11,13-14,31H,12H2,1H3,(H,25,26,27,28). The van der Waals surface area contributed by atoms with Gasteiger partial charge in [0, 0.05) is 22.9 Å². The van der Waals surface area contributed by atoms with Crippen LogP contribution in [-0.2, 0) is 0 Å². The van der Waals surface area contributed by atoms with Gasteiger partial charge in [0.1, 0.15) is 34.9 Å². The zero-order chi connectivity index (χ0) is 21.4. The van der Waals surface area contributed by atoms with E-state index in [4.69, 9.17) is 0 Å². The van der Waals surface area contributed by atoms with E-state index in [1.807, 2.05) is 43.5 Å². The van der Waals surface area contributed by atoms with Crippen LogP contribution in [0.15, 0.2) is 67.1 Å². The van der Waals surface area contributed by atoms with Crippen molar-refractivity contribution in [3.05, 3.63) is 72.9 Å². The van der Waals surface area contributed by atoms with Crippen LogP contribution in [0.2, 0.25) is 0 Å². The summed E-state index contributed by atoms with van der Waals surface area (Å²) < 4.78 is 15.2. The number of benzene rings is 2. The number of aromatic nitrogens is 6. The van der Waals surface area contributed by atoms with E-state index >= 15 is 0 Å². The van der Waals surface area contributed by atoms with E-state index in [1.54, 1.807) is 16.8 Å². The third-order valence-corrected chi connectivity index (χ3v) is 5.16. The fourth-order valence-electron chi connectivity index (χ4n) is 3.46. The normalized spacial score (nSPS) is 12.4. The number of nitrogens with one attached hydrogen (secondary N) is 1. The Bertz CT molecular complexity index is 1340. The van der Waals surface area contributed by atoms with Gasteiger partial charge in [-0.15, -0.1) is 0 Å². The number of imidazole rings is 1. The molecule has 0 saturated heterocycles. The van der Waals surface area contributed by atoms with E-state index in [9.17, 15) is 9.50 Å². The molecule has 0 bridgehead atoms. The molecule has 1 unspecified atom stereocenters. The first-order valence-corrected chi connectivity index (χ1v) is 9.86. The molecule has 0 aliphatic heterocycles. The zero-order valence-electron chi connectivity index (χ0n) is 16.7. The maximum atomic E-state index is 13.5. The summed E-state index contributed by atoms with van der Waals surface area (Å²) in [5.41, 5.74) is 4.91. The van der Waals surface area contributed by atoms with Crippen LogP contribution in [0.3, 0.4) is 0 Å². The van der Waals surface area contributed by atoms with Crippen LogP contribution in [-0.4, -0.2) is 41.4 Å². The Morgan fingerprint density at radius 1 is 1.00 bits per heavy atom.